The SMILES string of the molecule is Nc1cc(CP)nc2c(O)cccc12. The number of aromatic nitrogens is 1. The molecule has 72 valence electrons. The van der Waals surface area contributed by atoms with Gasteiger partial charge in [0.05, 0.1) is 0 Å². The van der Waals surface area contributed by atoms with Gasteiger partial charge in [0, 0.05) is 22.9 Å². The lowest BCUT2D eigenvalue weighted by Crippen LogP contribution is -1.93. The van der Waals surface area contributed by atoms with Crippen LogP contribution in [0, 0.1) is 0 Å². The van der Waals surface area contributed by atoms with Crippen molar-refractivity contribution in [1.82, 2.24) is 4.98 Å². The van der Waals surface area contributed by atoms with Crippen molar-refractivity contribution in [3.63, 3.8) is 0 Å². The average Bonchev–Trinajstić information content (AvgIpc) is 2.19. The first-order valence-electron chi connectivity index (χ1n) is 4.29. The van der Waals surface area contributed by atoms with E-state index in [0.717, 1.165) is 17.2 Å². The van der Waals surface area contributed by atoms with Gasteiger partial charge in [0.15, 0.2) is 0 Å². The molecule has 0 bridgehead atoms. The Morgan fingerprint density at radius 1 is 1.43 bits per heavy atom. The monoisotopic (exact) mass is 206 g/mol. The number of para-hydroxylation sites is 1. The standard InChI is InChI=1S/C10H11N2OP/c11-8-4-6(5-14)12-10-7(8)2-1-3-9(10)13/h1-4,13H,5,14H2,(H2,11,12). The molecule has 0 radical (unpaired) electrons. The summed E-state index contributed by atoms with van der Waals surface area (Å²) in [5.41, 5.74) is 7.93. The summed E-state index contributed by atoms with van der Waals surface area (Å²) < 4.78 is 0. The Morgan fingerprint density at radius 2 is 2.21 bits per heavy atom. The smallest absolute Gasteiger partial charge is 0.141 e. The largest absolute Gasteiger partial charge is 0.506 e. The molecule has 0 amide bonds. The van der Waals surface area contributed by atoms with Crippen LogP contribution in [0.5, 0.6) is 5.75 Å². The highest BCUT2D eigenvalue weighted by molar-refractivity contribution is 7.15. The second-order valence-corrected chi connectivity index (χ2v) is 3.49. The molecule has 1 unspecified atom stereocenters. The molecule has 0 aliphatic carbocycles. The van der Waals surface area contributed by atoms with Crippen molar-refractivity contribution < 1.29 is 5.11 Å². The van der Waals surface area contributed by atoms with Crippen LogP contribution in [-0.2, 0) is 6.16 Å². The van der Waals surface area contributed by atoms with Crippen molar-refractivity contribution in [1.29, 1.82) is 0 Å². The summed E-state index contributed by atoms with van der Waals surface area (Å²) in [5.74, 6) is 0.175. The fourth-order valence-electron chi connectivity index (χ4n) is 1.42. The molecule has 1 atom stereocenters. The Hall–Kier alpha value is -1.34. The molecule has 14 heavy (non-hydrogen) atoms. The number of anilines is 1. The molecule has 0 spiro atoms. The van der Waals surface area contributed by atoms with Gasteiger partial charge in [-0.2, -0.15) is 0 Å². The number of nitrogens with zero attached hydrogens (tertiary/aromatic N) is 1. The summed E-state index contributed by atoms with van der Waals surface area (Å²) in [7, 11) is 2.58. The molecule has 0 aliphatic rings. The van der Waals surface area contributed by atoms with E-state index in [1.807, 2.05) is 12.1 Å². The van der Waals surface area contributed by atoms with Gasteiger partial charge in [-0.15, -0.1) is 9.24 Å². The highest BCUT2D eigenvalue weighted by atomic mass is 31.0. The maximum atomic E-state index is 9.59. The third-order valence-electron chi connectivity index (χ3n) is 2.11. The average molecular weight is 206 g/mol. The predicted molar refractivity (Wildman–Crippen MR) is 61.2 cm³/mol. The Labute approximate surface area is 84.2 Å². The number of nitrogen functional groups attached to an aromatic ring is 1. The maximum Gasteiger partial charge on any atom is 0.141 e. The second-order valence-electron chi connectivity index (χ2n) is 3.08. The minimum absolute atomic E-state index is 0.175. The zero-order valence-electron chi connectivity index (χ0n) is 7.57. The number of hydrogen-bond acceptors (Lipinski definition) is 3. The van der Waals surface area contributed by atoms with E-state index < -0.39 is 0 Å². The van der Waals surface area contributed by atoms with Crippen LogP contribution in [0.25, 0.3) is 10.9 Å². The van der Waals surface area contributed by atoms with Crippen molar-refractivity contribution in [2.45, 2.75) is 6.16 Å². The molecule has 1 heterocycles. The third kappa shape index (κ3) is 1.40. The first kappa shape index (κ1) is 9.22. The Balaban J connectivity index is 2.83. The summed E-state index contributed by atoms with van der Waals surface area (Å²) in [6, 6.07) is 7.05. The van der Waals surface area contributed by atoms with Crippen LogP contribution in [0.4, 0.5) is 5.69 Å². The molecule has 2 rings (SSSR count). The molecule has 0 saturated heterocycles. The minimum Gasteiger partial charge on any atom is -0.506 e. The van der Waals surface area contributed by atoms with Crippen molar-refractivity contribution >= 4 is 25.8 Å². The topological polar surface area (TPSA) is 59.1 Å². The zero-order valence-corrected chi connectivity index (χ0v) is 8.72. The van der Waals surface area contributed by atoms with E-state index in [1.165, 1.54) is 0 Å². The van der Waals surface area contributed by atoms with Gasteiger partial charge in [-0.1, -0.05) is 12.1 Å². The molecule has 1 aromatic carbocycles. The van der Waals surface area contributed by atoms with Crippen LogP contribution in [0.3, 0.4) is 0 Å². The number of benzene rings is 1. The summed E-state index contributed by atoms with van der Waals surface area (Å²) in [5, 5.41) is 10.4. The van der Waals surface area contributed by atoms with E-state index in [0.29, 0.717) is 11.2 Å². The van der Waals surface area contributed by atoms with E-state index >= 15 is 0 Å². The number of hydrogen-bond donors (Lipinski definition) is 2. The predicted octanol–water partition coefficient (Wildman–Crippen LogP) is 1.90. The Kier molecular flexibility index (Phi) is 2.26. The van der Waals surface area contributed by atoms with Crippen LogP contribution in [-0.4, -0.2) is 10.1 Å². The normalized spacial score (nSPS) is 10.6. The van der Waals surface area contributed by atoms with Gasteiger partial charge < -0.3 is 10.8 Å². The Morgan fingerprint density at radius 3 is 2.93 bits per heavy atom. The lowest BCUT2D eigenvalue weighted by molar-refractivity contribution is 0.480. The van der Waals surface area contributed by atoms with Gasteiger partial charge in [0.25, 0.3) is 0 Å². The number of nitrogens with two attached hydrogens (primary N) is 1. The number of aromatic hydroxyl groups is 1. The summed E-state index contributed by atoms with van der Waals surface area (Å²) in [6.07, 6.45) is 0.731. The minimum atomic E-state index is 0.175. The van der Waals surface area contributed by atoms with Gasteiger partial charge in [-0.05, 0) is 12.1 Å². The molecule has 0 aliphatic heterocycles. The number of phenolic OH excluding ortho intramolecular Hbond substituents is 1. The maximum absolute atomic E-state index is 9.59. The highest BCUT2D eigenvalue weighted by Gasteiger charge is 2.05. The van der Waals surface area contributed by atoms with Crippen molar-refractivity contribution in [3.05, 3.63) is 30.0 Å². The molecule has 0 fully saturated rings. The van der Waals surface area contributed by atoms with Crippen molar-refractivity contribution in [3.8, 4) is 5.75 Å². The summed E-state index contributed by atoms with van der Waals surface area (Å²) >= 11 is 0. The van der Waals surface area contributed by atoms with Crippen molar-refractivity contribution in [2.75, 3.05) is 5.73 Å². The van der Waals surface area contributed by atoms with Crippen LogP contribution < -0.4 is 5.73 Å². The number of pyridine rings is 1. The summed E-state index contributed by atoms with van der Waals surface area (Å²) in [6.45, 7) is 0. The van der Waals surface area contributed by atoms with Gasteiger partial charge in [-0.3, -0.25) is 0 Å². The molecule has 4 heteroatoms. The first-order chi connectivity index (χ1) is 6.72. The van der Waals surface area contributed by atoms with Gasteiger partial charge in [0.1, 0.15) is 11.3 Å². The first-order valence-corrected chi connectivity index (χ1v) is 5.11. The number of rotatable bonds is 1. The van der Waals surface area contributed by atoms with Crippen molar-refractivity contribution in [2.24, 2.45) is 0 Å². The molecule has 1 aromatic heterocycles. The van der Waals surface area contributed by atoms with Gasteiger partial charge >= 0.3 is 0 Å². The zero-order chi connectivity index (χ0) is 10.1. The van der Waals surface area contributed by atoms with E-state index in [9.17, 15) is 5.11 Å². The van der Waals surface area contributed by atoms with E-state index in [2.05, 4.69) is 14.2 Å². The Bertz CT molecular complexity index is 485. The fraction of sp³-hybridized carbons (Fsp3) is 0.100. The van der Waals surface area contributed by atoms with Crippen LogP contribution in [0.15, 0.2) is 24.3 Å². The number of fused-ring (bicyclic) bond motifs is 1. The highest BCUT2D eigenvalue weighted by Crippen LogP contribution is 2.27. The molecule has 3 N–H and O–H groups in total. The lowest BCUT2D eigenvalue weighted by Gasteiger charge is -2.05. The van der Waals surface area contributed by atoms with E-state index in [-0.39, 0.29) is 5.75 Å². The van der Waals surface area contributed by atoms with Crippen LogP contribution >= 0.6 is 9.24 Å². The van der Waals surface area contributed by atoms with E-state index in [4.69, 9.17) is 5.73 Å². The van der Waals surface area contributed by atoms with Gasteiger partial charge in [-0.25, -0.2) is 4.98 Å². The quantitative estimate of drug-likeness (QED) is 0.700. The van der Waals surface area contributed by atoms with Gasteiger partial charge in [0.2, 0.25) is 0 Å². The fourth-order valence-corrected chi connectivity index (χ4v) is 1.63. The molecule has 2 aromatic rings. The second kappa shape index (κ2) is 3.43. The number of phenols is 1. The van der Waals surface area contributed by atoms with E-state index in [1.54, 1.807) is 12.1 Å². The molecule has 3 nitrogen and oxygen atoms in total. The summed E-state index contributed by atoms with van der Waals surface area (Å²) in [4.78, 5) is 4.30. The molecular formula is C10H11N2OP. The molecular weight excluding hydrogens is 195 g/mol. The van der Waals surface area contributed by atoms with Crippen LogP contribution in [0.2, 0.25) is 0 Å². The lowest BCUT2D eigenvalue weighted by atomic mass is 10.1. The third-order valence-corrected chi connectivity index (χ3v) is 2.53. The van der Waals surface area contributed by atoms with Crippen LogP contribution in [0.1, 0.15) is 5.69 Å². The molecule has 0 saturated carbocycles.